The zero-order chi connectivity index (χ0) is 20.8. The summed E-state index contributed by atoms with van der Waals surface area (Å²) in [5.74, 6) is 1.53. The summed E-state index contributed by atoms with van der Waals surface area (Å²) in [5, 5.41) is 4.30. The number of benzene rings is 2. The summed E-state index contributed by atoms with van der Waals surface area (Å²) in [5.41, 5.74) is 1.27. The van der Waals surface area contributed by atoms with Gasteiger partial charge in [-0.1, -0.05) is 35.0 Å². The molecule has 0 aliphatic carbocycles. The molecule has 0 radical (unpaired) electrons. The lowest BCUT2D eigenvalue weighted by Crippen LogP contribution is -2.28. The number of amides is 1. The van der Waals surface area contributed by atoms with Gasteiger partial charge >= 0.3 is 0 Å². The monoisotopic (exact) mass is 435 g/mol. The first-order chi connectivity index (χ1) is 14.0. The fraction of sp³-hybridized carbons (Fsp3) is 0.250. The van der Waals surface area contributed by atoms with Crippen molar-refractivity contribution >= 4 is 29.3 Å². The quantitative estimate of drug-likeness (QED) is 0.521. The predicted molar refractivity (Wildman–Crippen MR) is 110 cm³/mol. The molecule has 0 aliphatic rings. The van der Waals surface area contributed by atoms with Crippen molar-refractivity contribution in [3.8, 4) is 17.1 Å². The lowest BCUT2D eigenvalue weighted by Gasteiger charge is -2.14. The molecular formula is C20H19ClFN3O3S. The second-order valence-electron chi connectivity index (χ2n) is 6.22. The smallest absolute Gasteiger partial charge is 0.246 e. The minimum absolute atomic E-state index is 0.120. The fourth-order valence-corrected chi connectivity index (χ4v) is 3.60. The number of halogens is 2. The molecule has 3 aromatic rings. The molecule has 0 fully saturated rings. The number of rotatable bonds is 8. The molecule has 1 aromatic heterocycles. The molecule has 0 saturated carbocycles. The number of aromatic nitrogens is 2. The Kier molecular flexibility index (Phi) is 7.11. The highest BCUT2D eigenvalue weighted by Crippen LogP contribution is 2.22. The highest BCUT2D eigenvalue weighted by molar-refractivity contribution is 7.99. The van der Waals surface area contributed by atoms with Crippen LogP contribution in [0.1, 0.15) is 11.5 Å². The topological polar surface area (TPSA) is 68.5 Å². The zero-order valence-electron chi connectivity index (χ0n) is 15.9. The van der Waals surface area contributed by atoms with E-state index in [0.717, 1.165) is 5.56 Å². The second kappa shape index (κ2) is 9.76. The van der Waals surface area contributed by atoms with Gasteiger partial charge in [-0.25, -0.2) is 4.39 Å². The van der Waals surface area contributed by atoms with E-state index in [4.69, 9.17) is 20.9 Å². The summed E-state index contributed by atoms with van der Waals surface area (Å²) < 4.78 is 24.2. The van der Waals surface area contributed by atoms with Crippen LogP contribution in [0, 0.1) is 5.82 Å². The van der Waals surface area contributed by atoms with Gasteiger partial charge in [0.15, 0.2) is 0 Å². The summed E-state index contributed by atoms with van der Waals surface area (Å²) in [4.78, 5) is 18.1. The summed E-state index contributed by atoms with van der Waals surface area (Å²) in [7, 11) is 3.24. The molecule has 2 aromatic carbocycles. The first-order valence-corrected chi connectivity index (χ1v) is 10.2. The Balaban J connectivity index is 1.52. The van der Waals surface area contributed by atoms with Gasteiger partial charge in [0.1, 0.15) is 11.6 Å². The Hall–Kier alpha value is -2.58. The normalized spacial score (nSPS) is 10.8. The highest BCUT2D eigenvalue weighted by Gasteiger charge is 2.15. The number of thioether (sulfide) groups is 1. The van der Waals surface area contributed by atoms with Gasteiger partial charge in [0, 0.05) is 23.4 Å². The average Bonchev–Trinajstić information content (AvgIpc) is 3.18. The van der Waals surface area contributed by atoms with Crippen molar-refractivity contribution in [1.82, 2.24) is 15.0 Å². The number of hydrogen-bond acceptors (Lipinski definition) is 6. The largest absolute Gasteiger partial charge is 0.497 e. The Bertz CT molecular complexity index is 999. The molecule has 1 heterocycles. The second-order valence-corrected chi connectivity index (χ2v) is 7.64. The molecule has 1 amide bonds. The third-order valence-corrected chi connectivity index (χ3v) is 5.29. The number of ether oxygens (including phenoxy) is 1. The van der Waals surface area contributed by atoms with Crippen LogP contribution in [0.4, 0.5) is 4.39 Å². The summed E-state index contributed by atoms with van der Waals surface area (Å²) in [6, 6.07) is 11.8. The molecule has 0 bridgehead atoms. The number of carbonyl (C=O) groups is 1. The Morgan fingerprint density at radius 3 is 2.90 bits per heavy atom. The van der Waals surface area contributed by atoms with E-state index in [9.17, 15) is 9.18 Å². The maximum atomic E-state index is 13.8. The van der Waals surface area contributed by atoms with Crippen molar-refractivity contribution in [3.05, 3.63) is 64.8 Å². The molecule has 3 rings (SSSR count). The fourth-order valence-electron chi connectivity index (χ4n) is 2.49. The van der Waals surface area contributed by atoms with Crippen LogP contribution in [0.15, 0.2) is 47.0 Å². The molecule has 0 aliphatic heterocycles. The van der Waals surface area contributed by atoms with Crippen molar-refractivity contribution in [1.29, 1.82) is 0 Å². The lowest BCUT2D eigenvalue weighted by atomic mass is 10.2. The molecule has 0 spiro atoms. The van der Waals surface area contributed by atoms with E-state index in [-0.39, 0.29) is 24.0 Å². The van der Waals surface area contributed by atoms with Gasteiger partial charge in [-0.2, -0.15) is 4.98 Å². The van der Waals surface area contributed by atoms with E-state index in [1.165, 1.54) is 22.7 Å². The van der Waals surface area contributed by atoms with Crippen molar-refractivity contribution < 1.29 is 18.4 Å². The molecular weight excluding hydrogens is 417 g/mol. The summed E-state index contributed by atoms with van der Waals surface area (Å²) in [6.45, 7) is 0.186. The minimum atomic E-state index is -0.373. The van der Waals surface area contributed by atoms with Crippen LogP contribution < -0.4 is 4.74 Å². The van der Waals surface area contributed by atoms with E-state index in [1.54, 1.807) is 32.4 Å². The first kappa shape index (κ1) is 21.1. The van der Waals surface area contributed by atoms with Crippen molar-refractivity contribution in [3.63, 3.8) is 0 Å². The van der Waals surface area contributed by atoms with E-state index >= 15 is 0 Å². The van der Waals surface area contributed by atoms with Gasteiger partial charge in [0.05, 0.1) is 19.4 Å². The lowest BCUT2D eigenvalue weighted by molar-refractivity contribution is -0.127. The molecule has 0 saturated heterocycles. The van der Waals surface area contributed by atoms with E-state index < -0.39 is 0 Å². The van der Waals surface area contributed by atoms with E-state index in [1.807, 2.05) is 18.2 Å². The Morgan fingerprint density at radius 1 is 1.31 bits per heavy atom. The number of nitrogens with zero attached hydrogens (tertiary/aromatic N) is 3. The maximum Gasteiger partial charge on any atom is 0.246 e. The van der Waals surface area contributed by atoms with Crippen LogP contribution in [-0.2, 0) is 17.1 Å². The van der Waals surface area contributed by atoms with E-state index in [0.29, 0.717) is 33.8 Å². The Labute approximate surface area is 177 Å². The number of hydrogen-bond donors (Lipinski definition) is 0. The Morgan fingerprint density at radius 2 is 2.14 bits per heavy atom. The number of methoxy groups -OCH3 is 1. The van der Waals surface area contributed by atoms with Crippen LogP contribution in [-0.4, -0.2) is 40.9 Å². The van der Waals surface area contributed by atoms with Crippen LogP contribution >= 0.6 is 23.4 Å². The van der Waals surface area contributed by atoms with Crippen molar-refractivity contribution in [2.24, 2.45) is 0 Å². The molecule has 29 heavy (non-hydrogen) atoms. The van der Waals surface area contributed by atoms with Gasteiger partial charge in [-0.05, 0) is 29.8 Å². The standard InChI is InChI=1S/C20H19ClFN3O3S/c1-25(19(26)12-29-11-14-6-7-15(21)9-17(14)22)10-18-23-20(24-28-18)13-4-3-5-16(8-13)27-2/h3-9H,10-12H2,1-2H3. The molecule has 9 heteroatoms. The number of carbonyl (C=O) groups excluding carboxylic acids is 1. The van der Waals surface area contributed by atoms with Gasteiger partial charge in [-0.15, -0.1) is 11.8 Å². The minimum Gasteiger partial charge on any atom is -0.497 e. The maximum absolute atomic E-state index is 13.8. The highest BCUT2D eigenvalue weighted by atomic mass is 35.5. The predicted octanol–water partition coefficient (Wildman–Crippen LogP) is 4.43. The third kappa shape index (κ3) is 5.71. The van der Waals surface area contributed by atoms with Crippen molar-refractivity contribution in [2.75, 3.05) is 19.9 Å². The van der Waals surface area contributed by atoms with Crippen LogP contribution in [0.25, 0.3) is 11.4 Å². The van der Waals surface area contributed by atoms with Gasteiger partial charge in [0.25, 0.3) is 0 Å². The summed E-state index contributed by atoms with van der Waals surface area (Å²) >= 11 is 7.07. The van der Waals surface area contributed by atoms with Crippen LogP contribution in [0.5, 0.6) is 5.75 Å². The van der Waals surface area contributed by atoms with Crippen LogP contribution in [0.3, 0.4) is 0 Å². The molecule has 0 atom stereocenters. The third-order valence-electron chi connectivity index (χ3n) is 4.09. The molecule has 6 nitrogen and oxygen atoms in total. The van der Waals surface area contributed by atoms with Gasteiger partial charge in [0.2, 0.25) is 17.6 Å². The molecule has 0 N–H and O–H groups in total. The van der Waals surface area contributed by atoms with E-state index in [2.05, 4.69) is 10.1 Å². The molecule has 0 unspecified atom stereocenters. The first-order valence-electron chi connectivity index (χ1n) is 8.69. The SMILES string of the molecule is COc1cccc(-c2noc(CN(C)C(=O)CSCc3ccc(Cl)cc3F)n2)c1. The zero-order valence-corrected chi connectivity index (χ0v) is 17.5. The molecule has 152 valence electrons. The van der Waals surface area contributed by atoms with Gasteiger partial charge in [-0.3, -0.25) is 4.79 Å². The van der Waals surface area contributed by atoms with Crippen molar-refractivity contribution in [2.45, 2.75) is 12.3 Å². The average molecular weight is 436 g/mol. The summed E-state index contributed by atoms with van der Waals surface area (Å²) in [6.07, 6.45) is 0. The van der Waals surface area contributed by atoms with Crippen LogP contribution in [0.2, 0.25) is 5.02 Å². The van der Waals surface area contributed by atoms with Gasteiger partial charge < -0.3 is 14.2 Å².